The Bertz CT molecular complexity index is 1030. The van der Waals surface area contributed by atoms with Gasteiger partial charge in [0.1, 0.15) is 12.1 Å². The van der Waals surface area contributed by atoms with E-state index >= 15 is 0 Å². The van der Waals surface area contributed by atoms with Crippen LogP contribution in [0.3, 0.4) is 0 Å². The molecule has 9 nitrogen and oxygen atoms in total. The van der Waals surface area contributed by atoms with Crippen molar-refractivity contribution >= 4 is 20.2 Å². The summed E-state index contributed by atoms with van der Waals surface area (Å²) in [5.74, 6) is -0.409. The van der Waals surface area contributed by atoms with Crippen molar-refractivity contribution in [2.45, 2.75) is 43.4 Å². The van der Waals surface area contributed by atoms with Gasteiger partial charge in [0.25, 0.3) is 15.2 Å². The molecule has 1 aromatic heterocycles. The molecule has 1 fully saturated rings. The first-order valence-corrected chi connectivity index (χ1v) is 11.6. The molecule has 1 aliphatic carbocycles. The van der Waals surface area contributed by atoms with Gasteiger partial charge in [0.15, 0.2) is 0 Å². The lowest BCUT2D eigenvalue weighted by atomic mass is 10.2. The highest BCUT2D eigenvalue weighted by Gasteiger charge is 2.36. The van der Waals surface area contributed by atoms with Gasteiger partial charge >= 0.3 is 10.2 Å². The van der Waals surface area contributed by atoms with Crippen LogP contribution in [0.25, 0.3) is 0 Å². The molecule has 1 aromatic carbocycles. The van der Waals surface area contributed by atoms with E-state index in [9.17, 15) is 21.2 Å². The van der Waals surface area contributed by atoms with Crippen LogP contribution >= 0.6 is 0 Å². The van der Waals surface area contributed by atoms with Crippen LogP contribution in [-0.4, -0.2) is 59.8 Å². The number of hydrogen-bond acceptors (Lipinski definition) is 6. The molecule has 0 spiro atoms. The third-order valence-corrected chi connectivity index (χ3v) is 7.94. The summed E-state index contributed by atoms with van der Waals surface area (Å²) in [6.45, 7) is 0.0300. The standard InChI is InChI=1S/C16H22FN5O4S2/c1-20(2)28(25,26)22-12-18-16(19-22)27(23,24)21(15-5-3-4-6-15)11-13-7-9-14(17)10-8-13/h7-10,12,15H,3-6,11H2,1-2H3. The van der Waals surface area contributed by atoms with Crippen molar-refractivity contribution in [1.82, 2.24) is 22.8 Å². The second-order valence-electron chi connectivity index (χ2n) is 6.80. The van der Waals surface area contributed by atoms with Gasteiger partial charge in [-0.25, -0.2) is 17.8 Å². The van der Waals surface area contributed by atoms with E-state index in [2.05, 4.69) is 10.1 Å². The van der Waals surface area contributed by atoms with Crippen LogP contribution in [0.15, 0.2) is 35.7 Å². The Labute approximate surface area is 164 Å². The Balaban J connectivity index is 1.96. The highest BCUT2D eigenvalue weighted by molar-refractivity contribution is 7.89. The highest BCUT2D eigenvalue weighted by atomic mass is 32.2. The average molecular weight is 432 g/mol. The van der Waals surface area contributed by atoms with Crippen LogP contribution in [0.2, 0.25) is 0 Å². The van der Waals surface area contributed by atoms with Crippen molar-refractivity contribution in [3.63, 3.8) is 0 Å². The van der Waals surface area contributed by atoms with E-state index in [4.69, 9.17) is 0 Å². The maximum Gasteiger partial charge on any atom is 0.323 e. The maximum absolute atomic E-state index is 13.2. The van der Waals surface area contributed by atoms with Gasteiger partial charge in [-0.1, -0.05) is 25.0 Å². The number of aromatic nitrogens is 3. The second-order valence-corrected chi connectivity index (χ2v) is 10.6. The van der Waals surface area contributed by atoms with Crippen molar-refractivity contribution in [3.05, 3.63) is 42.0 Å². The Morgan fingerprint density at radius 1 is 1.11 bits per heavy atom. The zero-order valence-electron chi connectivity index (χ0n) is 15.6. The Kier molecular flexibility index (Phi) is 5.84. The Morgan fingerprint density at radius 2 is 1.71 bits per heavy atom. The molecule has 0 aliphatic heterocycles. The van der Waals surface area contributed by atoms with Gasteiger partial charge in [0, 0.05) is 26.7 Å². The number of nitrogens with zero attached hydrogens (tertiary/aromatic N) is 5. The van der Waals surface area contributed by atoms with Crippen LogP contribution in [0, 0.1) is 5.82 Å². The summed E-state index contributed by atoms with van der Waals surface area (Å²) >= 11 is 0. The third-order valence-electron chi connectivity index (χ3n) is 4.67. The minimum Gasteiger partial charge on any atom is -0.207 e. The fraction of sp³-hybridized carbons (Fsp3) is 0.500. The monoisotopic (exact) mass is 431 g/mol. The van der Waals surface area contributed by atoms with E-state index in [1.54, 1.807) is 0 Å². The second kappa shape index (κ2) is 7.85. The summed E-state index contributed by atoms with van der Waals surface area (Å²) in [6, 6.07) is 5.34. The summed E-state index contributed by atoms with van der Waals surface area (Å²) in [5, 5.41) is 3.13. The smallest absolute Gasteiger partial charge is 0.207 e. The van der Waals surface area contributed by atoms with Crippen LogP contribution in [0.5, 0.6) is 0 Å². The normalized spacial score (nSPS) is 16.3. The van der Waals surface area contributed by atoms with Gasteiger partial charge in [-0.05, 0) is 30.5 Å². The van der Waals surface area contributed by atoms with E-state index in [1.807, 2.05) is 0 Å². The van der Waals surface area contributed by atoms with Crippen molar-refractivity contribution in [2.75, 3.05) is 14.1 Å². The molecule has 1 aliphatic rings. The lowest BCUT2D eigenvalue weighted by molar-refractivity contribution is 0.313. The van der Waals surface area contributed by atoms with Crippen molar-refractivity contribution in [3.8, 4) is 0 Å². The fourth-order valence-electron chi connectivity index (χ4n) is 3.11. The zero-order chi connectivity index (χ0) is 20.5. The van der Waals surface area contributed by atoms with Gasteiger partial charge in [-0.15, -0.1) is 9.19 Å². The van der Waals surface area contributed by atoms with Gasteiger partial charge in [-0.2, -0.15) is 17.0 Å². The molecule has 0 amide bonds. The minimum atomic E-state index is -4.14. The molecule has 0 unspecified atom stereocenters. The molecule has 3 rings (SSSR count). The topological polar surface area (TPSA) is 105 Å². The molecule has 1 heterocycles. The average Bonchev–Trinajstić information content (AvgIpc) is 3.33. The molecule has 28 heavy (non-hydrogen) atoms. The third kappa shape index (κ3) is 4.09. The summed E-state index contributed by atoms with van der Waals surface area (Å²) in [6.07, 6.45) is 4.05. The maximum atomic E-state index is 13.2. The molecule has 0 bridgehead atoms. The molecule has 12 heteroatoms. The van der Waals surface area contributed by atoms with Crippen LogP contribution in [0.1, 0.15) is 31.2 Å². The van der Waals surface area contributed by atoms with Crippen LogP contribution in [-0.2, 0) is 26.8 Å². The lowest BCUT2D eigenvalue weighted by Crippen LogP contribution is -2.39. The first-order valence-electron chi connectivity index (χ1n) is 8.73. The Hall–Kier alpha value is -1.89. The van der Waals surface area contributed by atoms with E-state index in [1.165, 1.54) is 42.7 Å². The number of benzene rings is 1. The van der Waals surface area contributed by atoms with Crippen LogP contribution in [0.4, 0.5) is 4.39 Å². The van der Waals surface area contributed by atoms with Gasteiger partial charge < -0.3 is 0 Å². The summed E-state index contributed by atoms with van der Waals surface area (Å²) in [4.78, 5) is 3.74. The number of halogens is 1. The van der Waals surface area contributed by atoms with Gasteiger partial charge in [-0.3, -0.25) is 0 Å². The minimum absolute atomic E-state index is 0.0300. The predicted molar refractivity (Wildman–Crippen MR) is 99.4 cm³/mol. The van der Waals surface area contributed by atoms with Gasteiger partial charge in [0.2, 0.25) is 0 Å². The molecule has 154 valence electrons. The molecular formula is C16H22FN5O4S2. The Morgan fingerprint density at radius 3 is 2.29 bits per heavy atom. The predicted octanol–water partition coefficient (Wildman–Crippen LogP) is 1.21. The fourth-order valence-corrected chi connectivity index (χ4v) is 5.35. The molecule has 1 saturated carbocycles. The van der Waals surface area contributed by atoms with Crippen molar-refractivity contribution in [2.24, 2.45) is 0 Å². The lowest BCUT2D eigenvalue weighted by Gasteiger charge is -2.26. The van der Waals surface area contributed by atoms with E-state index in [0.717, 1.165) is 23.5 Å². The SMILES string of the molecule is CN(C)S(=O)(=O)n1cnc(S(=O)(=O)N(Cc2ccc(F)cc2)C2CCCC2)n1. The van der Waals surface area contributed by atoms with E-state index in [-0.39, 0.29) is 12.6 Å². The first-order chi connectivity index (χ1) is 13.1. The molecule has 0 N–H and O–H groups in total. The van der Waals surface area contributed by atoms with E-state index in [0.29, 0.717) is 22.5 Å². The molecule has 0 saturated heterocycles. The van der Waals surface area contributed by atoms with Crippen molar-refractivity contribution in [1.29, 1.82) is 0 Å². The molecular weight excluding hydrogens is 409 g/mol. The zero-order valence-corrected chi connectivity index (χ0v) is 17.2. The molecule has 2 aromatic rings. The number of rotatable bonds is 7. The largest absolute Gasteiger partial charge is 0.323 e. The first kappa shape index (κ1) is 20.8. The highest BCUT2D eigenvalue weighted by Crippen LogP contribution is 2.29. The number of hydrogen-bond donors (Lipinski definition) is 0. The van der Waals surface area contributed by atoms with E-state index < -0.39 is 31.2 Å². The number of sulfonamides is 1. The molecule has 0 atom stereocenters. The molecule has 0 radical (unpaired) electrons. The van der Waals surface area contributed by atoms with Gasteiger partial charge in [0.05, 0.1) is 0 Å². The van der Waals surface area contributed by atoms with Crippen molar-refractivity contribution < 1.29 is 21.2 Å². The van der Waals surface area contributed by atoms with Crippen LogP contribution < -0.4 is 0 Å². The quantitative estimate of drug-likeness (QED) is 0.652. The summed E-state index contributed by atoms with van der Waals surface area (Å²) in [7, 11) is -5.50. The summed E-state index contributed by atoms with van der Waals surface area (Å²) < 4.78 is 66.7. The summed E-state index contributed by atoms with van der Waals surface area (Å²) in [5.41, 5.74) is 0.622.